The standard InChI is InChI=1S/C18H29IO6/c1-12(7-8-14(3)24-15(4)21)18(13(2)11-19)25-17(23)10-16(22)6-5-9-20/h7-8,11-12,14,16,18,20,22H,5-6,9-10H2,1-4H3/b8-7+,13-11+/t12-,14+,16+,18-/m0/s1. The van der Waals surface area contributed by atoms with Crippen molar-refractivity contribution in [2.45, 2.75) is 65.3 Å². The first-order valence-corrected chi connectivity index (χ1v) is 9.56. The van der Waals surface area contributed by atoms with E-state index in [1.807, 2.05) is 24.0 Å². The first-order chi connectivity index (χ1) is 11.7. The molecule has 0 amide bonds. The lowest BCUT2D eigenvalue weighted by Crippen LogP contribution is -2.27. The third-order valence-corrected chi connectivity index (χ3v) is 4.47. The first kappa shape index (κ1) is 24.1. The Bertz CT molecular complexity index is 474. The van der Waals surface area contributed by atoms with Gasteiger partial charge in [0.2, 0.25) is 0 Å². The van der Waals surface area contributed by atoms with Gasteiger partial charge < -0.3 is 19.7 Å². The van der Waals surface area contributed by atoms with Crippen LogP contribution in [0.2, 0.25) is 0 Å². The largest absolute Gasteiger partial charge is 0.459 e. The fourth-order valence-corrected chi connectivity index (χ4v) is 2.58. The SMILES string of the molecule is CC(=O)O[C@H](C)/C=C/[C@H](C)[C@H](OC(=O)C[C@H](O)CCCO)/C(C)=C/I. The van der Waals surface area contributed by atoms with Gasteiger partial charge in [-0.2, -0.15) is 0 Å². The average Bonchev–Trinajstić information content (AvgIpc) is 2.54. The quantitative estimate of drug-likeness (QED) is 0.275. The summed E-state index contributed by atoms with van der Waals surface area (Å²) in [4.78, 5) is 23.0. The number of halogens is 1. The summed E-state index contributed by atoms with van der Waals surface area (Å²) in [6, 6.07) is 0. The van der Waals surface area contributed by atoms with Crippen LogP contribution in [-0.2, 0) is 19.1 Å². The molecule has 144 valence electrons. The predicted octanol–water partition coefficient (Wildman–Crippen LogP) is 2.90. The number of carbonyl (C=O) groups excluding carboxylic acids is 2. The normalized spacial score (nSPS) is 17.0. The number of aliphatic hydroxyl groups is 2. The van der Waals surface area contributed by atoms with Gasteiger partial charge in [0, 0.05) is 19.4 Å². The van der Waals surface area contributed by atoms with E-state index in [9.17, 15) is 14.7 Å². The van der Waals surface area contributed by atoms with E-state index in [-0.39, 0.29) is 31.0 Å². The Morgan fingerprint density at radius 1 is 1.16 bits per heavy atom. The molecule has 0 spiro atoms. The molecule has 2 N–H and O–H groups in total. The zero-order valence-corrected chi connectivity index (χ0v) is 17.4. The third kappa shape index (κ3) is 11.3. The molecule has 0 saturated carbocycles. The molecule has 0 aliphatic rings. The Morgan fingerprint density at radius 3 is 2.32 bits per heavy atom. The summed E-state index contributed by atoms with van der Waals surface area (Å²) < 4.78 is 12.4. The summed E-state index contributed by atoms with van der Waals surface area (Å²) >= 11 is 2.09. The van der Waals surface area contributed by atoms with Crippen LogP contribution in [0.1, 0.15) is 47.0 Å². The zero-order chi connectivity index (χ0) is 19.4. The van der Waals surface area contributed by atoms with Crippen LogP contribution in [0.15, 0.2) is 21.8 Å². The van der Waals surface area contributed by atoms with Crippen molar-refractivity contribution in [2.24, 2.45) is 5.92 Å². The van der Waals surface area contributed by atoms with Crippen molar-refractivity contribution < 1.29 is 29.3 Å². The van der Waals surface area contributed by atoms with Gasteiger partial charge in [0.25, 0.3) is 0 Å². The van der Waals surface area contributed by atoms with Crippen molar-refractivity contribution in [3.63, 3.8) is 0 Å². The van der Waals surface area contributed by atoms with Crippen molar-refractivity contribution in [1.29, 1.82) is 0 Å². The molecule has 4 atom stereocenters. The second kappa shape index (κ2) is 13.3. The number of rotatable bonds is 11. The van der Waals surface area contributed by atoms with Crippen molar-refractivity contribution >= 4 is 34.5 Å². The maximum absolute atomic E-state index is 12.1. The average molecular weight is 468 g/mol. The lowest BCUT2D eigenvalue weighted by Gasteiger charge is -2.23. The van der Waals surface area contributed by atoms with Crippen LogP contribution in [0.5, 0.6) is 0 Å². The van der Waals surface area contributed by atoms with Gasteiger partial charge in [-0.25, -0.2) is 0 Å². The number of ether oxygens (including phenoxy) is 2. The van der Waals surface area contributed by atoms with E-state index >= 15 is 0 Å². The molecule has 0 fully saturated rings. The fourth-order valence-electron chi connectivity index (χ4n) is 2.22. The monoisotopic (exact) mass is 468 g/mol. The second-order valence-electron chi connectivity index (χ2n) is 6.05. The molecule has 6 nitrogen and oxygen atoms in total. The Hall–Kier alpha value is -0.930. The lowest BCUT2D eigenvalue weighted by molar-refractivity contribution is -0.151. The molecule has 0 aromatic heterocycles. The molecule has 0 aromatic carbocycles. The summed E-state index contributed by atoms with van der Waals surface area (Å²) in [6.07, 6.45) is 2.64. The molecule has 0 aliphatic carbocycles. The summed E-state index contributed by atoms with van der Waals surface area (Å²) in [7, 11) is 0. The molecule has 0 radical (unpaired) electrons. The topological polar surface area (TPSA) is 93.1 Å². The summed E-state index contributed by atoms with van der Waals surface area (Å²) in [5, 5.41) is 18.5. The number of hydrogen-bond donors (Lipinski definition) is 2. The van der Waals surface area contributed by atoms with Crippen LogP contribution in [0.3, 0.4) is 0 Å². The number of aliphatic hydroxyl groups excluding tert-OH is 2. The van der Waals surface area contributed by atoms with Crippen LogP contribution < -0.4 is 0 Å². The van der Waals surface area contributed by atoms with Gasteiger partial charge in [-0.05, 0) is 42.4 Å². The fraction of sp³-hybridized carbons (Fsp3) is 0.667. The third-order valence-electron chi connectivity index (χ3n) is 3.49. The van der Waals surface area contributed by atoms with E-state index in [0.717, 1.165) is 5.57 Å². The van der Waals surface area contributed by atoms with Crippen molar-refractivity contribution in [3.8, 4) is 0 Å². The van der Waals surface area contributed by atoms with Gasteiger partial charge in [-0.1, -0.05) is 35.6 Å². The number of carbonyl (C=O) groups is 2. The molecule has 0 rings (SSSR count). The van der Waals surface area contributed by atoms with E-state index < -0.39 is 18.2 Å². The molecular formula is C18H29IO6. The molecule has 25 heavy (non-hydrogen) atoms. The lowest BCUT2D eigenvalue weighted by atomic mass is 9.98. The molecule has 0 unspecified atom stereocenters. The van der Waals surface area contributed by atoms with E-state index in [1.165, 1.54) is 6.92 Å². The van der Waals surface area contributed by atoms with Gasteiger partial charge in [-0.3, -0.25) is 9.59 Å². The number of hydrogen-bond acceptors (Lipinski definition) is 6. The van der Waals surface area contributed by atoms with Crippen LogP contribution in [0.4, 0.5) is 0 Å². The van der Waals surface area contributed by atoms with Crippen LogP contribution in [0.25, 0.3) is 0 Å². The van der Waals surface area contributed by atoms with E-state index in [1.54, 1.807) is 13.0 Å². The van der Waals surface area contributed by atoms with Crippen molar-refractivity contribution in [3.05, 3.63) is 21.8 Å². The second-order valence-corrected chi connectivity index (χ2v) is 6.67. The summed E-state index contributed by atoms with van der Waals surface area (Å²) in [5.41, 5.74) is 0.885. The highest BCUT2D eigenvalue weighted by Crippen LogP contribution is 2.21. The van der Waals surface area contributed by atoms with Gasteiger partial charge in [0.05, 0.1) is 12.5 Å². The summed E-state index contributed by atoms with van der Waals surface area (Å²) in [5.74, 6) is -0.961. The van der Waals surface area contributed by atoms with Crippen LogP contribution >= 0.6 is 22.6 Å². The highest BCUT2D eigenvalue weighted by Gasteiger charge is 2.23. The Kier molecular flexibility index (Phi) is 12.8. The van der Waals surface area contributed by atoms with Crippen LogP contribution in [-0.4, -0.2) is 47.1 Å². The van der Waals surface area contributed by atoms with Gasteiger partial charge in [0.1, 0.15) is 12.2 Å². The molecular weight excluding hydrogens is 439 g/mol. The molecule has 0 bridgehead atoms. The highest BCUT2D eigenvalue weighted by atomic mass is 127. The van der Waals surface area contributed by atoms with Gasteiger partial charge in [0.15, 0.2) is 0 Å². The van der Waals surface area contributed by atoms with Gasteiger partial charge >= 0.3 is 11.9 Å². The first-order valence-electron chi connectivity index (χ1n) is 8.32. The number of esters is 2. The predicted molar refractivity (Wildman–Crippen MR) is 104 cm³/mol. The van der Waals surface area contributed by atoms with Crippen molar-refractivity contribution in [1.82, 2.24) is 0 Å². The van der Waals surface area contributed by atoms with E-state index in [0.29, 0.717) is 12.8 Å². The molecule has 0 saturated heterocycles. The smallest absolute Gasteiger partial charge is 0.309 e. The molecule has 0 aromatic rings. The van der Waals surface area contributed by atoms with Crippen molar-refractivity contribution in [2.75, 3.05) is 6.61 Å². The van der Waals surface area contributed by atoms with E-state index in [2.05, 4.69) is 22.6 Å². The van der Waals surface area contributed by atoms with E-state index in [4.69, 9.17) is 14.6 Å². The Morgan fingerprint density at radius 2 is 1.80 bits per heavy atom. The highest BCUT2D eigenvalue weighted by molar-refractivity contribution is 14.1. The maximum Gasteiger partial charge on any atom is 0.309 e. The molecule has 0 heterocycles. The van der Waals surface area contributed by atoms with Crippen LogP contribution in [0, 0.1) is 5.92 Å². The summed E-state index contributed by atoms with van der Waals surface area (Å²) in [6.45, 7) is 6.86. The van der Waals surface area contributed by atoms with Gasteiger partial charge in [-0.15, -0.1) is 0 Å². The minimum absolute atomic E-state index is 0.0201. The maximum atomic E-state index is 12.1. The minimum atomic E-state index is -0.820. The Labute approximate surface area is 163 Å². The Balaban J connectivity index is 4.81. The minimum Gasteiger partial charge on any atom is -0.459 e. The molecule has 7 heteroatoms. The molecule has 0 aliphatic heterocycles. The zero-order valence-electron chi connectivity index (χ0n) is 15.3.